The van der Waals surface area contributed by atoms with Gasteiger partial charge in [-0.2, -0.15) is 0 Å². The van der Waals surface area contributed by atoms with Crippen LogP contribution in [0.2, 0.25) is 0 Å². The fourth-order valence-corrected chi connectivity index (χ4v) is 8.67. The molecule has 0 aromatic carbocycles. The SMILES string of the molecule is CCCC(N)[As](C(N)CCC)C(N)CCC. The molecule has 3 nitrogen and oxygen atoms in total. The quantitative estimate of drug-likeness (QED) is 0.563. The van der Waals surface area contributed by atoms with Gasteiger partial charge in [-0.25, -0.2) is 0 Å². The van der Waals surface area contributed by atoms with Gasteiger partial charge in [-0.1, -0.05) is 0 Å². The van der Waals surface area contributed by atoms with Gasteiger partial charge in [-0.3, -0.25) is 0 Å². The third-order valence-electron chi connectivity index (χ3n) is 2.90. The minimum absolute atomic E-state index is 0.306. The summed E-state index contributed by atoms with van der Waals surface area (Å²) in [6.45, 7) is 6.55. The Morgan fingerprint density at radius 3 is 1.12 bits per heavy atom. The molecule has 0 fully saturated rings. The van der Waals surface area contributed by atoms with Gasteiger partial charge in [-0.15, -0.1) is 0 Å². The van der Waals surface area contributed by atoms with Crippen LogP contribution in [0.25, 0.3) is 0 Å². The molecule has 6 N–H and O–H groups in total. The average molecular weight is 291 g/mol. The zero-order valence-electron chi connectivity index (χ0n) is 11.2. The van der Waals surface area contributed by atoms with Crippen LogP contribution in [-0.4, -0.2) is 29.1 Å². The maximum atomic E-state index is 6.30. The summed E-state index contributed by atoms with van der Waals surface area (Å²) in [7, 11) is 0. The number of nitrogens with two attached hydrogens (primary N) is 3. The molecular formula is C12H30AsN3. The van der Waals surface area contributed by atoms with Gasteiger partial charge in [-0.05, 0) is 0 Å². The second-order valence-electron chi connectivity index (χ2n) is 4.52. The van der Waals surface area contributed by atoms with E-state index in [9.17, 15) is 0 Å². The molecular weight excluding hydrogens is 261 g/mol. The summed E-state index contributed by atoms with van der Waals surface area (Å²) in [4.78, 5) is 0.918. The Bertz CT molecular complexity index is 138. The van der Waals surface area contributed by atoms with Crippen molar-refractivity contribution in [3.05, 3.63) is 0 Å². The molecule has 16 heavy (non-hydrogen) atoms. The van der Waals surface area contributed by atoms with Gasteiger partial charge in [0.1, 0.15) is 0 Å². The van der Waals surface area contributed by atoms with Gasteiger partial charge in [0.05, 0.1) is 0 Å². The Morgan fingerprint density at radius 1 is 0.688 bits per heavy atom. The van der Waals surface area contributed by atoms with Crippen LogP contribution >= 0.6 is 0 Å². The van der Waals surface area contributed by atoms with E-state index in [0.29, 0.717) is 14.5 Å². The van der Waals surface area contributed by atoms with Crippen molar-refractivity contribution in [3.63, 3.8) is 0 Å². The fraction of sp³-hybridized carbons (Fsp3) is 1.00. The predicted octanol–water partition coefficient (Wildman–Crippen LogP) is 1.48. The first-order valence-electron chi connectivity index (χ1n) is 6.62. The van der Waals surface area contributed by atoms with Crippen molar-refractivity contribution in [2.24, 2.45) is 17.2 Å². The molecule has 0 aliphatic heterocycles. The molecule has 0 radical (unpaired) electrons. The van der Waals surface area contributed by atoms with E-state index in [1.165, 1.54) is 0 Å². The summed E-state index contributed by atoms with van der Waals surface area (Å²) in [6, 6.07) is 0. The average Bonchev–Trinajstić information content (AvgIpc) is 2.19. The molecule has 4 heteroatoms. The third-order valence-corrected chi connectivity index (χ3v) is 9.35. The van der Waals surface area contributed by atoms with Crippen molar-refractivity contribution in [1.82, 2.24) is 0 Å². The van der Waals surface area contributed by atoms with Crippen molar-refractivity contribution >= 4 is 14.7 Å². The van der Waals surface area contributed by atoms with E-state index >= 15 is 0 Å². The monoisotopic (exact) mass is 291 g/mol. The van der Waals surface area contributed by atoms with Gasteiger partial charge in [0.2, 0.25) is 0 Å². The first-order valence-corrected chi connectivity index (χ1v) is 9.87. The molecule has 0 aliphatic rings. The molecule has 0 saturated carbocycles. The summed E-state index contributed by atoms with van der Waals surface area (Å²) in [5.74, 6) is 0. The van der Waals surface area contributed by atoms with Crippen LogP contribution in [0.4, 0.5) is 0 Å². The Balaban J connectivity index is 4.47. The molecule has 0 aromatic rings. The summed E-state index contributed by atoms with van der Waals surface area (Å²) in [5, 5.41) is 0. The fourth-order valence-electron chi connectivity index (χ4n) is 2.07. The Kier molecular flexibility index (Phi) is 9.73. The number of hydrogen-bond acceptors (Lipinski definition) is 3. The van der Waals surface area contributed by atoms with Gasteiger partial charge in [0, 0.05) is 0 Å². The summed E-state index contributed by atoms with van der Waals surface area (Å²) >= 11 is -1.31. The zero-order valence-corrected chi connectivity index (χ0v) is 13.0. The van der Waals surface area contributed by atoms with Crippen molar-refractivity contribution < 1.29 is 0 Å². The topological polar surface area (TPSA) is 78.1 Å². The molecule has 0 amide bonds. The molecule has 0 saturated heterocycles. The molecule has 0 heterocycles. The van der Waals surface area contributed by atoms with Crippen LogP contribution in [0, 0.1) is 0 Å². The number of rotatable bonds is 9. The van der Waals surface area contributed by atoms with Crippen molar-refractivity contribution in [3.8, 4) is 0 Å². The van der Waals surface area contributed by atoms with E-state index in [1.54, 1.807) is 0 Å². The second-order valence-corrected chi connectivity index (χ2v) is 10.6. The molecule has 0 aromatic heterocycles. The van der Waals surface area contributed by atoms with Gasteiger partial charge >= 0.3 is 106 Å². The first kappa shape index (κ1) is 16.4. The molecule has 0 spiro atoms. The minimum atomic E-state index is -1.31. The summed E-state index contributed by atoms with van der Waals surface area (Å²) in [6.07, 6.45) is 6.71. The molecule has 0 rings (SSSR count). The standard InChI is InChI=1S/C12H30AsN3/c1-4-7-10(14)13(11(15)8-5-2)12(16)9-6-3/h10-12H,4-9,14-16H2,1-3H3. The normalized spacial score (nSPS) is 19.1. The van der Waals surface area contributed by atoms with Crippen LogP contribution in [-0.2, 0) is 0 Å². The summed E-state index contributed by atoms with van der Waals surface area (Å²) in [5.41, 5.74) is 18.9. The van der Waals surface area contributed by atoms with E-state index < -0.39 is 14.7 Å². The van der Waals surface area contributed by atoms with E-state index in [0.717, 1.165) is 38.5 Å². The molecule has 3 unspecified atom stereocenters. The van der Waals surface area contributed by atoms with Crippen molar-refractivity contribution in [1.29, 1.82) is 0 Å². The molecule has 0 bridgehead atoms. The zero-order chi connectivity index (χ0) is 12.6. The Morgan fingerprint density at radius 2 is 0.938 bits per heavy atom. The van der Waals surface area contributed by atoms with E-state index in [4.69, 9.17) is 17.2 Å². The molecule has 98 valence electrons. The van der Waals surface area contributed by atoms with Gasteiger partial charge < -0.3 is 0 Å². The van der Waals surface area contributed by atoms with Gasteiger partial charge in [0.15, 0.2) is 0 Å². The third kappa shape index (κ3) is 5.67. The van der Waals surface area contributed by atoms with Crippen LogP contribution in [0.15, 0.2) is 0 Å². The van der Waals surface area contributed by atoms with E-state index in [1.807, 2.05) is 0 Å². The van der Waals surface area contributed by atoms with E-state index in [2.05, 4.69) is 20.8 Å². The van der Waals surface area contributed by atoms with Crippen LogP contribution in [0.1, 0.15) is 59.3 Å². The number of hydrogen-bond donors (Lipinski definition) is 3. The van der Waals surface area contributed by atoms with Gasteiger partial charge in [0.25, 0.3) is 0 Å². The maximum absolute atomic E-state index is 6.30. The second kappa shape index (κ2) is 9.47. The summed E-state index contributed by atoms with van der Waals surface area (Å²) < 4.78 is 0. The molecule has 3 atom stereocenters. The van der Waals surface area contributed by atoms with Crippen molar-refractivity contribution in [2.45, 2.75) is 73.8 Å². The van der Waals surface area contributed by atoms with Crippen LogP contribution in [0.3, 0.4) is 0 Å². The predicted molar refractivity (Wildman–Crippen MR) is 74.4 cm³/mol. The van der Waals surface area contributed by atoms with Crippen LogP contribution in [0.5, 0.6) is 0 Å². The Labute approximate surface area is 106 Å². The molecule has 0 aliphatic carbocycles. The Hall–Kier alpha value is 0.438. The van der Waals surface area contributed by atoms with Crippen LogP contribution < -0.4 is 17.2 Å². The van der Waals surface area contributed by atoms with Crippen molar-refractivity contribution in [2.75, 3.05) is 0 Å². The first-order chi connectivity index (χ1) is 7.58. The van der Waals surface area contributed by atoms with E-state index in [-0.39, 0.29) is 0 Å².